The zero-order chi connectivity index (χ0) is 45.9. The molecule has 2 unspecified atom stereocenters. The van der Waals surface area contributed by atoms with Crippen molar-refractivity contribution in [1.82, 2.24) is 19.6 Å². The number of nitrogens with zero attached hydrogens (tertiary/aromatic N) is 4. The van der Waals surface area contributed by atoms with Crippen LogP contribution in [0.4, 0.5) is 4.79 Å². The lowest BCUT2D eigenvalue weighted by molar-refractivity contribution is -0.100. The highest BCUT2D eigenvalue weighted by Gasteiger charge is 2.30. The number of methoxy groups -OCH3 is 2. The van der Waals surface area contributed by atoms with Crippen molar-refractivity contribution in [2.75, 3.05) is 53.2 Å². The number of hydrogen-bond donors (Lipinski definition) is 0. The van der Waals surface area contributed by atoms with E-state index in [1.54, 1.807) is 13.8 Å². The summed E-state index contributed by atoms with van der Waals surface area (Å²) in [7, 11) is -4.51. The minimum Gasteiger partial charge on any atom is -0.490 e. The lowest BCUT2D eigenvalue weighted by Crippen LogP contribution is -2.28. The molecule has 21 heteroatoms. The number of aromatic nitrogens is 4. The van der Waals surface area contributed by atoms with Gasteiger partial charge in [0.05, 0.1) is 25.6 Å². The Kier molecular flexibility index (Phi) is 17.1. The van der Waals surface area contributed by atoms with Crippen molar-refractivity contribution >= 4 is 37.4 Å². The molecule has 0 radical (unpaired) electrons. The van der Waals surface area contributed by atoms with Crippen LogP contribution in [0, 0.1) is 13.8 Å². The number of hydrogen-bond acceptors (Lipinski definition) is 17. The molecular weight excluding hydrogens is 853 g/mol. The third kappa shape index (κ3) is 11.9. The summed E-state index contributed by atoms with van der Waals surface area (Å²) in [6, 6.07) is 5.36. The molecule has 0 saturated carbocycles. The second-order valence-electron chi connectivity index (χ2n) is 14.0. The Hall–Kier alpha value is -5.51. The van der Waals surface area contributed by atoms with Crippen molar-refractivity contribution < 1.29 is 69.1 Å². The number of aryl methyl sites for hydroxylation is 2. The number of benzene rings is 2. The molecule has 2 aromatic heterocycles. The Labute approximate surface area is 361 Å². The lowest BCUT2D eigenvalue weighted by Gasteiger charge is -2.20. The fourth-order valence-corrected chi connectivity index (χ4v) is 7.95. The molecule has 4 rings (SSSR count). The molecule has 0 aliphatic heterocycles. The normalized spacial score (nSPS) is 12.7. The van der Waals surface area contributed by atoms with Gasteiger partial charge < -0.3 is 37.9 Å². The predicted molar refractivity (Wildman–Crippen MR) is 223 cm³/mol. The molecule has 2 atom stereocenters. The van der Waals surface area contributed by atoms with Crippen LogP contribution >= 0.6 is 0 Å². The highest BCUT2D eigenvalue weighted by atomic mass is 32.2. The summed E-state index contributed by atoms with van der Waals surface area (Å²) < 4.78 is 97.5. The summed E-state index contributed by atoms with van der Waals surface area (Å²) in [5, 5.41) is 8.63. The molecular formula is C41H54N4O15S2. The van der Waals surface area contributed by atoms with Crippen molar-refractivity contribution in [2.45, 2.75) is 89.8 Å². The Balaban J connectivity index is 1.55. The van der Waals surface area contributed by atoms with Gasteiger partial charge in [-0.25, -0.2) is 31.0 Å². The van der Waals surface area contributed by atoms with E-state index in [0.717, 1.165) is 12.5 Å². The fourth-order valence-electron chi connectivity index (χ4n) is 6.22. The molecule has 0 bridgehead atoms. The summed E-state index contributed by atoms with van der Waals surface area (Å²) in [5.74, 6) is -1.13. The van der Waals surface area contributed by atoms with Crippen LogP contribution in [-0.4, -0.2) is 120 Å². The maximum absolute atomic E-state index is 14.1. The number of rotatable bonds is 24. The largest absolute Gasteiger partial charge is 0.514 e. The molecule has 0 aliphatic carbocycles. The minimum atomic E-state index is -3.73. The van der Waals surface area contributed by atoms with E-state index in [0.29, 0.717) is 25.9 Å². The predicted octanol–water partition coefficient (Wildman–Crippen LogP) is 5.14. The monoisotopic (exact) mass is 906 g/mol. The van der Waals surface area contributed by atoms with Gasteiger partial charge >= 0.3 is 6.16 Å². The molecule has 0 amide bonds. The summed E-state index contributed by atoms with van der Waals surface area (Å²) in [6.07, 6.45) is 2.00. The molecule has 0 fully saturated rings. The fraction of sp³-hybridized carbons (Fsp3) is 0.488. The van der Waals surface area contributed by atoms with Gasteiger partial charge in [-0.15, -0.1) is 0 Å². The lowest BCUT2D eigenvalue weighted by atomic mass is 10.00. The van der Waals surface area contributed by atoms with Crippen LogP contribution in [-0.2, 0) is 51.7 Å². The Morgan fingerprint density at radius 2 is 0.984 bits per heavy atom. The molecule has 340 valence electrons. The smallest absolute Gasteiger partial charge is 0.490 e. The van der Waals surface area contributed by atoms with Gasteiger partial charge in [0.2, 0.25) is 24.3 Å². The molecule has 0 aliphatic rings. The van der Waals surface area contributed by atoms with Gasteiger partial charge in [0.1, 0.15) is 45.6 Å². The van der Waals surface area contributed by atoms with Gasteiger partial charge in [-0.05, 0) is 51.0 Å². The van der Waals surface area contributed by atoms with Crippen molar-refractivity contribution in [3.63, 3.8) is 0 Å². The van der Waals surface area contributed by atoms with Gasteiger partial charge in [0.15, 0.2) is 31.2 Å². The first-order chi connectivity index (χ1) is 29.3. The number of carbonyl (C=O) groups is 3. The maximum Gasteiger partial charge on any atom is 0.514 e. The summed E-state index contributed by atoms with van der Waals surface area (Å²) in [5.41, 5.74) is 0.809. The highest BCUT2D eigenvalue weighted by molar-refractivity contribution is 7.91. The van der Waals surface area contributed by atoms with Crippen molar-refractivity contribution in [3.8, 4) is 23.3 Å². The second-order valence-corrected chi connectivity index (χ2v) is 18.0. The summed E-state index contributed by atoms with van der Waals surface area (Å²) >= 11 is 0. The van der Waals surface area contributed by atoms with Crippen LogP contribution in [0.25, 0.3) is 0 Å². The van der Waals surface area contributed by atoms with Gasteiger partial charge in [-0.1, -0.05) is 13.8 Å². The zero-order valence-electron chi connectivity index (χ0n) is 36.5. The van der Waals surface area contributed by atoms with Gasteiger partial charge in [0, 0.05) is 75.9 Å². The summed E-state index contributed by atoms with van der Waals surface area (Å²) in [4.78, 5) is 41.0. The second kappa shape index (κ2) is 21.5. The van der Waals surface area contributed by atoms with E-state index in [4.69, 9.17) is 37.9 Å². The zero-order valence-corrected chi connectivity index (χ0v) is 38.1. The minimum absolute atomic E-state index is 0.00764. The van der Waals surface area contributed by atoms with Crippen LogP contribution in [0.2, 0.25) is 0 Å². The van der Waals surface area contributed by atoms with Crippen molar-refractivity contribution in [2.24, 2.45) is 0 Å². The Morgan fingerprint density at radius 1 is 0.613 bits per heavy atom. The van der Waals surface area contributed by atoms with Crippen LogP contribution in [0.3, 0.4) is 0 Å². The van der Waals surface area contributed by atoms with Crippen molar-refractivity contribution in [1.29, 1.82) is 0 Å². The number of ether oxygens (including phenoxy) is 8. The van der Waals surface area contributed by atoms with E-state index >= 15 is 0 Å². The molecule has 19 nitrogen and oxygen atoms in total. The maximum atomic E-state index is 14.1. The molecule has 62 heavy (non-hydrogen) atoms. The van der Waals surface area contributed by atoms with E-state index in [9.17, 15) is 31.2 Å². The number of sulfone groups is 2. The molecule has 2 aromatic carbocycles. The van der Waals surface area contributed by atoms with E-state index in [2.05, 4.69) is 10.2 Å². The van der Waals surface area contributed by atoms with Crippen LogP contribution in [0.15, 0.2) is 46.5 Å². The molecule has 0 spiro atoms. The molecule has 4 aromatic rings. The molecule has 0 saturated heterocycles. The third-order valence-electron chi connectivity index (χ3n) is 9.12. The van der Waals surface area contributed by atoms with E-state index in [1.165, 1.54) is 74.1 Å². The standard InChI is InChI=1S/C41H54N4O15S2/c1-11-17-44-39(31(23-42-44)35(46)29-13-15-33(61(9,49)50)37(25(29)3)55-21-19-53-7)57-27(5)59-41(48)60-28(6)58-40-32(24-43-45(40)18-12-2)36(47)30-14-16-34(62(10,51)52)38(26(30)4)56-22-20-54-8/h13-16,23-24,27-28H,11-12,17-22H2,1-10H3. The molecule has 2 heterocycles. The SMILES string of the molecule is CCCn1ncc(C(=O)c2ccc(S(C)(=O)=O)c(OCCOC)c2C)c1OC(C)OC(=O)OC(C)Oc1c(C(=O)c2ccc(S(C)(=O)=O)c(OCCOC)c2C)cnn1CCC. The number of ketones is 2. The average Bonchev–Trinajstić information content (AvgIpc) is 3.77. The Bertz CT molecular complexity index is 2290. The van der Waals surface area contributed by atoms with Crippen LogP contribution in [0.1, 0.15) is 83.5 Å². The average molecular weight is 907 g/mol. The van der Waals surface area contributed by atoms with E-state index in [1.807, 2.05) is 13.8 Å². The van der Waals surface area contributed by atoms with E-state index < -0.39 is 50.0 Å². The van der Waals surface area contributed by atoms with Gasteiger partial charge in [0.25, 0.3) is 0 Å². The Morgan fingerprint density at radius 3 is 1.31 bits per heavy atom. The van der Waals surface area contributed by atoms with Gasteiger partial charge in [-0.3, -0.25) is 9.59 Å². The van der Waals surface area contributed by atoms with E-state index in [-0.39, 0.29) is 92.9 Å². The summed E-state index contributed by atoms with van der Waals surface area (Å²) in [6.45, 7) is 10.8. The first-order valence-corrected chi connectivity index (χ1v) is 23.4. The molecule has 0 N–H and O–H groups in total. The van der Waals surface area contributed by atoms with Gasteiger partial charge in [-0.2, -0.15) is 10.2 Å². The number of carbonyl (C=O) groups excluding carboxylic acids is 3. The first-order valence-electron chi connectivity index (χ1n) is 19.6. The third-order valence-corrected chi connectivity index (χ3v) is 11.4. The van der Waals surface area contributed by atoms with Crippen LogP contribution in [0.5, 0.6) is 23.3 Å². The van der Waals surface area contributed by atoms with Crippen molar-refractivity contribution in [3.05, 3.63) is 70.0 Å². The quantitative estimate of drug-likeness (QED) is 0.0384. The first kappa shape index (κ1) is 49.1. The highest BCUT2D eigenvalue weighted by Crippen LogP contribution is 2.35. The van der Waals surface area contributed by atoms with Crippen LogP contribution < -0.4 is 18.9 Å². The topological polar surface area (TPSA) is 229 Å².